The zero-order valence-electron chi connectivity index (χ0n) is 12.7. The highest BCUT2D eigenvalue weighted by Crippen LogP contribution is 2.24. The number of rotatable bonds is 9. The summed E-state index contributed by atoms with van der Waals surface area (Å²) >= 11 is 0. The molecule has 0 bridgehead atoms. The predicted molar refractivity (Wildman–Crippen MR) is 80.0 cm³/mol. The standard InChI is InChI=1S/C15H31N3O/c1-17(2)12-13-18(14-8-5-6-9-14)15(19)10-4-3-7-11-16/h14H,3-13,16H2,1-2H3. The molecule has 1 fully saturated rings. The van der Waals surface area contributed by atoms with E-state index >= 15 is 0 Å². The van der Waals surface area contributed by atoms with Gasteiger partial charge in [-0.15, -0.1) is 0 Å². The van der Waals surface area contributed by atoms with Crippen molar-refractivity contribution < 1.29 is 4.79 Å². The second-order valence-corrected chi connectivity index (χ2v) is 5.93. The molecule has 0 aromatic carbocycles. The lowest BCUT2D eigenvalue weighted by Gasteiger charge is -2.30. The van der Waals surface area contributed by atoms with Crippen molar-refractivity contribution in [3.63, 3.8) is 0 Å². The van der Waals surface area contributed by atoms with Crippen molar-refractivity contribution in [2.45, 2.75) is 57.4 Å². The van der Waals surface area contributed by atoms with E-state index in [-0.39, 0.29) is 0 Å². The summed E-state index contributed by atoms with van der Waals surface area (Å²) < 4.78 is 0. The molecule has 0 aromatic heterocycles. The maximum absolute atomic E-state index is 12.4. The summed E-state index contributed by atoms with van der Waals surface area (Å²) in [7, 11) is 4.14. The predicted octanol–water partition coefficient (Wildman–Crippen LogP) is 1.84. The lowest BCUT2D eigenvalue weighted by atomic mass is 10.1. The Morgan fingerprint density at radius 2 is 1.79 bits per heavy atom. The molecule has 1 amide bonds. The van der Waals surface area contributed by atoms with Gasteiger partial charge in [0.15, 0.2) is 0 Å². The minimum absolute atomic E-state index is 0.353. The smallest absolute Gasteiger partial charge is 0.222 e. The number of nitrogens with zero attached hydrogens (tertiary/aromatic N) is 2. The van der Waals surface area contributed by atoms with Gasteiger partial charge in [0.2, 0.25) is 5.91 Å². The monoisotopic (exact) mass is 269 g/mol. The topological polar surface area (TPSA) is 49.6 Å². The van der Waals surface area contributed by atoms with Crippen LogP contribution in [0.3, 0.4) is 0 Å². The Morgan fingerprint density at radius 1 is 1.11 bits per heavy atom. The van der Waals surface area contributed by atoms with E-state index in [4.69, 9.17) is 5.73 Å². The first-order valence-electron chi connectivity index (χ1n) is 7.79. The summed E-state index contributed by atoms with van der Waals surface area (Å²) in [5, 5.41) is 0. The van der Waals surface area contributed by atoms with Gasteiger partial charge in [0, 0.05) is 25.6 Å². The van der Waals surface area contributed by atoms with Crippen molar-refractivity contribution in [3.05, 3.63) is 0 Å². The lowest BCUT2D eigenvalue weighted by molar-refractivity contribution is -0.133. The lowest BCUT2D eigenvalue weighted by Crippen LogP contribution is -2.42. The number of carbonyl (C=O) groups is 1. The third-order valence-corrected chi connectivity index (χ3v) is 3.97. The molecule has 2 N–H and O–H groups in total. The van der Waals surface area contributed by atoms with Gasteiger partial charge < -0.3 is 15.5 Å². The van der Waals surface area contributed by atoms with Crippen LogP contribution in [0, 0.1) is 0 Å². The first-order chi connectivity index (χ1) is 9.15. The number of hydrogen-bond donors (Lipinski definition) is 1. The molecule has 1 aliphatic rings. The highest BCUT2D eigenvalue weighted by atomic mass is 16.2. The van der Waals surface area contributed by atoms with Gasteiger partial charge in [-0.25, -0.2) is 0 Å². The van der Waals surface area contributed by atoms with Crippen LogP contribution >= 0.6 is 0 Å². The van der Waals surface area contributed by atoms with E-state index in [1.54, 1.807) is 0 Å². The van der Waals surface area contributed by atoms with Crippen molar-refractivity contribution in [1.82, 2.24) is 9.80 Å². The molecule has 0 radical (unpaired) electrons. The molecule has 112 valence electrons. The molecule has 19 heavy (non-hydrogen) atoms. The Balaban J connectivity index is 2.39. The third kappa shape index (κ3) is 6.39. The van der Waals surface area contributed by atoms with Gasteiger partial charge in [0.05, 0.1) is 0 Å². The zero-order chi connectivity index (χ0) is 14.1. The normalized spacial score (nSPS) is 16.2. The molecule has 0 spiro atoms. The number of amides is 1. The van der Waals surface area contributed by atoms with Crippen LogP contribution in [-0.2, 0) is 4.79 Å². The minimum atomic E-state index is 0.353. The molecule has 0 heterocycles. The molecule has 0 saturated heterocycles. The molecule has 1 aliphatic carbocycles. The summed E-state index contributed by atoms with van der Waals surface area (Å²) in [5.41, 5.74) is 5.48. The quantitative estimate of drug-likeness (QED) is 0.650. The number of likely N-dealkylation sites (N-methyl/N-ethyl adjacent to an activating group) is 1. The van der Waals surface area contributed by atoms with Gasteiger partial charge in [-0.05, 0) is 46.3 Å². The maximum atomic E-state index is 12.4. The fraction of sp³-hybridized carbons (Fsp3) is 0.933. The molecule has 0 unspecified atom stereocenters. The van der Waals surface area contributed by atoms with Crippen LogP contribution in [0.25, 0.3) is 0 Å². The Kier molecular flexibility index (Phi) is 8.07. The molecule has 1 saturated carbocycles. The second kappa shape index (κ2) is 9.32. The summed E-state index contributed by atoms with van der Waals surface area (Å²) in [6, 6.07) is 0.502. The Bertz CT molecular complexity index is 250. The summed E-state index contributed by atoms with van der Waals surface area (Å²) in [5.74, 6) is 0.353. The van der Waals surface area contributed by atoms with Crippen molar-refractivity contribution in [2.75, 3.05) is 33.7 Å². The highest BCUT2D eigenvalue weighted by molar-refractivity contribution is 5.76. The van der Waals surface area contributed by atoms with Crippen LogP contribution in [0.15, 0.2) is 0 Å². The number of nitrogens with two attached hydrogens (primary N) is 1. The molecule has 1 rings (SSSR count). The molecule has 0 aliphatic heterocycles. The number of hydrogen-bond acceptors (Lipinski definition) is 3. The van der Waals surface area contributed by atoms with Crippen LogP contribution in [0.4, 0.5) is 0 Å². The number of carbonyl (C=O) groups excluding carboxylic acids is 1. The summed E-state index contributed by atoms with van der Waals surface area (Å²) in [4.78, 5) is 16.7. The molecule has 4 heteroatoms. The highest BCUT2D eigenvalue weighted by Gasteiger charge is 2.25. The van der Waals surface area contributed by atoms with Crippen LogP contribution in [0.1, 0.15) is 51.4 Å². The van der Waals surface area contributed by atoms with Crippen molar-refractivity contribution in [3.8, 4) is 0 Å². The van der Waals surface area contributed by atoms with Gasteiger partial charge in [-0.3, -0.25) is 4.79 Å². The largest absolute Gasteiger partial charge is 0.338 e. The Morgan fingerprint density at radius 3 is 2.37 bits per heavy atom. The first-order valence-corrected chi connectivity index (χ1v) is 7.79. The van der Waals surface area contributed by atoms with Crippen molar-refractivity contribution in [2.24, 2.45) is 5.73 Å². The molecule has 0 aromatic rings. The van der Waals surface area contributed by atoms with Gasteiger partial charge in [-0.2, -0.15) is 0 Å². The van der Waals surface area contributed by atoms with Gasteiger partial charge in [-0.1, -0.05) is 19.3 Å². The van der Waals surface area contributed by atoms with Gasteiger partial charge >= 0.3 is 0 Å². The average Bonchev–Trinajstić information content (AvgIpc) is 2.88. The Hall–Kier alpha value is -0.610. The van der Waals surface area contributed by atoms with E-state index in [0.717, 1.165) is 38.9 Å². The van der Waals surface area contributed by atoms with Crippen molar-refractivity contribution >= 4 is 5.91 Å². The first kappa shape index (κ1) is 16.4. The molecular formula is C15H31N3O. The average molecular weight is 269 g/mol. The van der Waals surface area contributed by atoms with E-state index in [1.807, 2.05) is 0 Å². The van der Waals surface area contributed by atoms with Crippen molar-refractivity contribution in [1.29, 1.82) is 0 Å². The summed E-state index contributed by atoms with van der Waals surface area (Å²) in [6.45, 7) is 2.58. The molecule has 4 nitrogen and oxygen atoms in total. The van der Waals surface area contributed by atoms with E-state index in [9.17, 15) is 4.79 Å². The zero-order valence-corrected chi connectivity index (χ0v) is 12.7. The SMILES string of the molecule is CN(C)CCN(C(=O)CCCCCN)C1CCCC1. The van der Waals surface area contributed by atoms with Gasteiger partial charge in [0.25, 0.3) is 0 Å². The molecular weight excluding hydrogens is 238 g/mol. The summed E-state index contributed by atoms with van der Waals surface area (Å²) in [6.07, 6.45) is 8.76. The fourth-order valence-electron chi connectivity index (χ4n) is 2.78. The van der Waals surface area contributed by atoms with E-state index < -0.39 is 0 Å². The second-order valence-electron chi connectivity index (χ2n) is 5.93. The third-order valence-electron chi connectivity index (χ3n) is 3.97. The maximum Gasteiger partial charge on any atom is 0.222 e. The minimum Gasteiger partial charge on any atom is -0.338 e. The number of unbranched alkanes of at least 4 members (excludes halogenated alkanes) is 2. The fourth-order valence-corrected chi connectivity index (χ4v) is 2.78. The van der Waals surface area contributed by atoms with E-state index in [1.165, 1.54) is 25.7 Å². The van der Waals surface area contributed by atoms with Crippen LogP contribution in [0.5, 0.6) is 0 Å². The van der Waals surface area contributed by atoms with E-state index in [2.05, 4.69) is 23.9 Å². The van der Waals surface area contributed by atoms with E-state index in [0.29, 0.717) is 18.4 Å². The van der Waals surface area contributed by atoms with Crippen LogP contribution < -0.4 is 5.73 Å². The van der Waals surface area contributed by atoms with Crippen LogP contribution in [-0.4, -0.2) is 55.5 Å². The Labute approximate surface area is 118 Å². The molecule has 0 atom stereocenters. The van der Waals surface area contributed by atoms with Gasteiger partial charge in [0.1, 0.15) is 0 Å². The van der Waals surface area contributed by atoms with Crippen LogP contribution in [0.2, 0.25) is 0 Å².